The van der Waals surface area contributed by atoms with Gasteiger partial charge in [0.25, 0.3) is 11.3 Å². The molecular weight excluding hydrogens is 403 g/mol. The van der Waals surface area contributed by atoms with Crippen molar-refractivity contribution in [2.75, 3.05) is 18.6 Å². The van der Waals surface area contributed by atoms with Crippen LogP contribution in [0.4, 0.5) is 18.0 Å². The standard InChI is InChI=1S/C17H22F3NO4S2/c1-15(2,3)16(10-25-27(24)21(16)14(22)23)13(9-26-4)11-5-7-12(8-6-11)17(18,19)20/h5-8,13H,9-10H2,1-4H3,(H,22,23)/t13-,16-,27?/m0/s1. The fourth-order valence-corrected chi connectivity index (χ4v) is 5.52. The van der Waals surface area contributed by atoms with Crippen LogP contribution in [0.25, 0.3) is 0 Å². The maximum absolute atomic E-state index is 12.9. The first-order valence-electron chi connectivity index (χ1n) is 8.10. The highest BCUT2D eigenvalue weighted by molar-refractivity contribution is 7.98. The number of carbonyl (C=O) groups is 1. The predicted molar refractivity (Wildman–Crippen MR) is 98.7 cm³/mol. The number of carboxylic acid groups (broad SMARTS) is 1. The van der Waals surface area contributed by atoms with Gasteiger partial charge in [-0.3, -0.25) is 4.18 Å². The molecule has 5 nitrogen and oxygen atoms in total. The molecule has 3 atom stereocenters. The van der Waals surface area contributed by atoms with Crippen LogP contribution in [0.3, 0.4) is 0 Å². The molecule has 0 saturated carbocycles. The van der Waals surface area contributed by atoms with E-state index in [1.54, 1.807) is 0 Å². The summed E-state index contributed by atoms with van der Waals surface area (Å²) in [4.78, 5) is 11.9. The van der Waals surface area contributed by atoms with Gasteiger partial charge in [0.05, 0.1) is 17.7 Å². The number of alkyl halides is 3. The van der Waals surface area contributed by atoms with Crippen molar-refractivity contribution in [3.05, 3.63) is 35.4 Å². The summed E-state index contributed by atoms with van der Waals surface area (Å²) in [5, 5.41) is 9.69. The van der Waals surface area contributed by atoms with Crippen LogP contribution in [0.1, 0.15) is 37.8 Å². The minimum absolute atomic E-state index is 0.109. The smallest absolute Gasteiger partial charge is 0.421 e. The number of benzene rings is 1. The van der Waals surface area contributed by atoms with Crippen molar-refractivity contribution in [2.45, 2.75) is 38.4 Å². The Morgan fingerprint density at radius 1 is 1.33 bits per heavy atom. The second-order valence-electron chi connectivity index (χ2n) is 7.36. The molecule has 1 unspecified atom stereocenters. The van der Waals surface area contributed by atoms with E-state index in [9.17, 15) is 27.3 Å². The number of hydrogen-bond acceptors (Lipinski definition) is 4. The number of hydrogen-bond donors (Lipinski definition) is 1. The molecule has 1 aromatic carbocycles. The Bertz CT molecular complexity index is 718. The van der Waals surface area contributed by atoms with E-state index in [2.05, 4.69) is 0 Å². The molecule has 1 fully saturated rings. The average Bonchev–Trinajstić information content (AvgIpc) is 2.90. The van der Waals surface area contributed by atoms with Gasteiger partial charge in [-0.1, -0.05) is 32.9 Å². The molecular formula is C17H22F3NO4S2. The van der Waals surface area contributed by atoms with Crippen molar-refractivity contribution in [3.63, 3.8) is 0 Å². The zero-order valence-corrected chi connectivity index (χ0v) is 17.0. The molecule has 0 aromatic heterocycles. The van der Waals surface area contributed by atoms with Crippen LogP contribution in [0, 0.1) is 5.41 Å². The van der Waals surface area contributed by atoms with Gasteiger partial charge in [0.1, 0.15) is 0 Å². The molecule has 1 aromatic rings. The summed E-state index contributed by atoms with van der Waals surface area (Å²) in [7, 11) is 0. The first-order chi connectivity index (χ1) is 12.4. The van der Waals surface area contributed by atoms with Gasteiger partial charge in [-0.2, -0.15) is 29.2 Å². The van der Waals surface area contributed by atoms with Crippen molar-refractivity contribution < 1.29 is 31.5 Å². The quantitative estimate of drug-likeness (QED) is 0.768. The number of rotatable bonds is 4. The van der Waals surface area contributed by atoms with E-state index in [0.29, 0.717) is 11.3 Å². The summed E-state index contributed by atoms with van der Waals surface area (Å²) in [6.07, 6.45) is -4.02. The van der Waals surface area contributed by atoms with Crippen LogP contribution >= 0.6 is 11.8 Å². The van der Waals surface area contributed by atoms with Crippen molar-refractivity contribution in [3.8, 4) is 0 Å². The molecule has 1 aliphatic rings. The molecule has 1 amide bonds. The van der Waals surface area contributed by atoms with E-state index < -0.39 is 46.0 Å². The molecule has 0 aliphatic carbocycles. The Balaban J connectivity index is 2.63. The van der Waals surface area contributed by atoms with Crippen molar-refractivity contribution >= 4 is 29.1 Å². The first-order valence-corrected chi connectivity index (χ1v) is 10.5. The Morgan fingerprint density at radius 2 is 1.89 bits per heavy atom. The zero-order chi connectivity index (χ0) is 20.6. The highest BCUT2D eigenvalue weighted by atomic mass is 32.2. The summed E-state index contributed by atoms with van der Waals surface area (Å²) in [5.74, 6) is -0.0928. The Kier molecular flexibility index (Phi) is 6.23. The molecule has 0 radical (unpaired) electrons. The summed E-state index contributed by atoms with van der Waals surface area (Å²) in [6, 6.07) is 4.69. The molecule has 1 N–H and O–H groups in total. The van der Waals surface area contributed by atoms with Gasteiger partial charge in [0, 0.05) is 11.7 Å². The van der Waals surface area contributed by atoms with Crippen LogP contribution in [-0.4, -0.2) is 43.9 Å². The third-order valence-electron chi connectivity index (χ3n) is 4.91. The number of nitrogens with zero attached hydrogens (tertiary/aromatic N) is 1. The van der Waals surface area contributed by atoms with Crippen LogP contribution in [0.15, 0.2) is 24.3 Å². The molecule has 27 heavy (non-hydrogen) atoms. The van der Waals surface area contributed by atoms with Gasteiger partial charge < -0.3 is 5.11 Å². The van der Waals surface area contributed by atoms with E-state index >= 15 is 0 Å². The fraction of sp³-hybridized carbons (Fsp3) is 0.588. The van der Waals surface area contributed by atoms with Gasteiger partial charge in [-0.05, 0) is 29.4 Å². The molecule has 10 heteroatoms. The van der Waals surface area contributed by atoms with Crippen molar-refractivity contribution in [2.24, 2.45) is 5.41 Å². The van der Waals surface area contributed by atoms with Crippen LogP contribution in [0.2, 0.25) is 0 Å². The van der Waals surface area contributed by atoms with Crippen LogP contribution < -0.4 is 0 Å². The van der Waals surface area contributed by atoms with Crippen molar-refractivity contribution in [1.82, 2.24) is 4.31 Å². The van der Waals surface area contributed by atoms with Gasteiger partial charge >= 0.3 is 12.3 Å². The maximum atomic E-state index is 12.9. The molecule has 152 valence electrons. The van der Waals surface area contributed by atoms with Gasteiger partial charge in [0.2, 0.25) is 0 Å². The molecule has 1 heterocycles. The van der Waals surface area contributed by atoms with E-state index in [0.717, 1.165) is 16.4 Å². The summed E-state index contributed by atoms with van der Waals surface area (Å²) in [6.45, 7) is 5.33. The van der Waals surface area contributed by atoms with E-state index in [1.807, 2.05) is 27.0 Å². The molecule has 0 bridgehead atoms. The topological polar surface area (TPSA) is 66.8 Å². The summed E-state index contributed by atoms with van der Waals surface area (Å²) in [5.41, 5.74) is -2.13. The fourth-order valence-electron chi connectivity index (χ4n) is 3.49. The SMILES string of the molecule is CSC[C@@H](c1ccc(C(F)(F)F)cc1)[C@]1(C(C)(C)C)COS(=O)N1C(=O)O. The second kappa shape index (κ2) is 7.63. The molecule has 0 spiro atoms. The summed E-state index contributed by atoms with van der Waals surface area (Å²) >= 11 is -0.744. The number of amides is 1. The molecule has 1 saturated heterocycles. The molecule has 2 rings (SSSR count). The predicted octanol–water partition coefficient (Wildman–Crippen LogP) is 4.53. The Hall–Kier alpha value is -1.26. The monoisotopic (exact) mass is 425 g/mol. The average molecular weight is 425 g/mol. The lowest BCUT2D eigenvalue weighted by atomic mass is 9.65. The minimum Gasteiger partial charge on any atom is -0.464 e. The van der Waals surface area contributed by atoms with Crippen LogP contribution in [0.5, 0.6) is 0 Å². The van der Waals surface area contributed by atoms with Gasteiger partial charge in [0.15, 0.2) is 0 Å². The largest absolute Gasteiger partial charge is 0.464 e. The number of thioether (sulfide) groups is 1. The molecule has 1 aliphatic heterocycles. The van der Waals surface area contributed by atoms with E-state index in [-0.39, 0.29) is 6.61 Å². The Labute approximate surface area is 163 Å². The maximum Gasteiger partial charge on any atom is 0.421 e. The lowest BCUT2D eigenvalue weighted by molar-refractivity contribution is -0.137. The van der Waals surface area contributed by atoms with Crippen molar-refractivity contribution in [1.29, 1.82) is 0 Å². The Morgan fingerprint density at radius 3 is 2.30 bits per heavy atom. The number of halogens is 3. The zero-order valence-electron chi connectivity index (χ0n) is 15.4. The van der Waals surface area contributed by atoms with E-state index in [1.165, 1.54) is 23.9 Å². The van der Waals surface area contributed by atoms with Gasteiger partial charge in [-0.15, -0.1) is 0 Å². The normalized spacial score (nSPS) is 24.9. The third kappa shape index (κ3) is 3.97. The highest BCUT2D eigenvalue weighted by Crippen LogP contribution is 2.51. The van der Waals surface area contributed by atoms with Crippen LogP contribution in [-0.2, 0) is 21.6 Å². The minimum atomic E-state index is -4.46. The highest BCUT2D eigenvalue weighted by Gasteiger charge is 2.61. The van der Waals surface area contributed by atoms with E-state index in [4.69, 9.17) is 4.18 Å². The summed E-state index contributed by atoms with van der Waals surface area (Å²) < 4.78 is 57.0. The lowest BCUT2D eigenvalue weighted by Crippen LogP contribution is -2.61. The third-order valence-corrected chi connectivity index (χ3v) is 6.68. The first kappa shape index (κ1) is 22.0. The second-order valence-corrected chi connectivity index (χ2v) is 9.30. The lowest BCUT2D eigenvalue weighted by Gasteiger charge is -2.49. The van der Waals surface area contributed by atoms with Gasteiger partial charge in [-0.25, -0.2) is 9.00 Å².